The molecule has 0 aliphatic heterocycles. The van der Waals surface area contributed by atoms with E-state index in [0.29, 0.717) is 12.2 Å². The molecule has 2 rings (SSSR count). The topological polar surface area (TPSA) is 101 Å². The predicted molar refractivity (Wildman–Crippen MR) is 86.9 cm³/mol. The number of pyridine rings is 1. The molecule has 0 aliphatic rings. The van der Waals surface area contributed by atoms with Gasteiger partial charge in [0.1, 0.15) is 0 Å². The molecule has 120 valence electrons. The minimum atomic E-state index is -3.30. The summed E-state index contributed by atoms with van der Waals surface area (Å²) in [7, 11) is -3.30. The zero-order chi connectivity index (χ0) is 16.7. The average Bonchev–Trinajstić information content (AvgIpc) is 2.53. The van der Waals surface area contributed by atoms with Crippen LogP contribution >= 0.6 is 0 Å². The molecule has 1 aromatic carbocycles. The van der Waals surface area contributed by atoms with Gasteiger partial charge in [0.25, 0.3) is 5.91 Å². The van der Waals surface area contributed by atoms with Gasteiger partial charge in [0.15, 0.2) is 9.84 Å². The fourth-order valence-corrected chi connectivity index (χ4v) is 2.35. The molecule has 1 aromatic heterocycles. The summed E-state index contributed by atoms with van der Waals surface area (Å²) >= 11 is 0. The van der Waals surface area contributed by atoms with Gasteiger partial charge < -0.3 is 0 Å². The van der Waals surface area contributed by atoms with Crippen LogP contribution in [-0.2, 0) is 21.2 Å². The lowest BCUT2D eigenvalue weighted by atomic mass is 10.3. The molecule has 2 aromatic rings. The predicted octanol–water partition coefficient (Wildman–Crippen LogP) is 1.01. The van der Waals surface area contributed by atoms with E-state index in [2.05, 4.69) is 20.8 Å². The molecule has 0 radical (unpaired) electrons. The zero-order valence-corrected chi connectivity index (χ0v) is 13.2. The van der Waals surface area contributed by atoms with Crippen LogP contribution < -0.4 is 10.9 Å². The number of hydrazine groups is 1. The number of carbonyl (C=O) groups is 1. The molecule has 0 saturated carbocycles. The van der Waals surface area contributed by atoms with Crippen molar-refractivity contribution in [2.75, 3.05) is 6.26 Å². The number of sulfone groups is 1. The van der Waals surface area contributed by atoms with Crippen LogP contribution in [0.3, 0.4) is 0 Å². The summed E-state index contributed by atoms with van der Waals surface area (Å²) in [6.45, 7) is 0.450. The zero-order valence-electron chi connectivity index (χ0n) is 12.4. The third kappa shape index (κ3) is 5.61. The highest BCUT2D eigenvalue weighted by molar-refractivity contribution is 7.90. The smallest absolute Gasteiger partial charge is 0.276 e. The number of benzene rings is 1. The minimum Gasteiger partial charge on any atom is -0.286 e. The Labute approximate surface area is 134 Å². The number of aromatic nitrogens is 1. The molecule has 0 fully saturated rings. The van der Waals surface area contributed by atoms with Crippen LogP contribution in [0.1, 0.15) is 5.56 Å². The van der Waals surface area contributed by atoms with Crippen molar-refractivity contribution in [3.63, 3.8) is 0 Å². The van der Waals surface area contributed by atoms with Crippen LogP contribution in [-0.4, -0.2) is 31.8 Å². The van der Waals surface area contributed by atoms with Gasteiger partial charge in [0.05, 0.1) is 16.8 Å². The van der Waals surface area contributed by atoms with Gasteiger partial charge in [-0.2, -0.15) is 0 Å². The van der Waals surface area contributed by atoms with Crippen LogP contribution in [0.4, 0.5) is 5.69 Å². The maximum Gasteiger partial charge on any atom is 0.276 e. The summed E-state index contributed by atoms with van der Waals surface area (Å²) in [6, 6.07) is 9.72. The second-order valence-electron chi connectivity index (χ2n) is 4.73. The summed E-state index contributed by atoms with van der Waals surface area (Å²) in [5, 5.41) is 0. The first-order valence-electron chi connectivity index (χ1n) is 6.71. The Morgan fingerprint density at radius 2 is 2.00 bits per heavy atom. The average molecular weight is 332 g/mol. The normalized spacial score (nSPS) is 11.5. The van der Waals surface area contributed by atoms with Crippen LogP contribution in [0.15, 0.2) is 58.7 Å². The fourth-order valence-electron chi connectivity index (χ4n) is 1.69. The first-order chi connectivity index (χ1) is 10.9. The number of nitrogens with one attached hydrogen (secondary N) is 2. The van der Waals surface area contributed by atoms with E-state index in [1.54, 1.807) is 24.5 Å². The number of aliphatic imine (C=N–C) groups is 1. The molecule has 1 amide bonds. The van der Waals surface area contributed by atoms with E-state index in [9.17, 15) is 13.2 Å². The Bertz CT molecular complexity index is 804. The molecule has 0 aliphatic carbocycles. The van der Waals surface area contributed by atoms with Gasteiger partial charge in [-0.1, -0.05) is 6.07 Å². The lowest BCUT2D eigenvalue weighted by molar-refractivity contribution is -0.115. The van der Waals surface area contributed by atoms with Crippen molar-refractivity contribution in [2.24, 2.45) is 4.99 Å². The Kier molecular flexibility index (Phi) is 5.56. The van der Waals surface area contributed by atoms with Crippen LogP contribution in [0.5, 0.6) is 0 Å². The van der Waals surface area contributed by atoms with E-state index in [1.165, 1.54) is 12.1 Å². The van der Waals surface area contributed by atoms with E-state index >= 15 is 0 Å². The first-order valence-corrected chi connectivity index (χ1v) is 8.60. The maximum atomic E-state index is 11.6. The van der Waals surface area contributed by atoms with Crippen molar-refractivity contribution < 1.29 is 13.2 Å². The molecule has 0 atom stereocenters. The highest BCUT2D eigenvalue weighted by Gasteiger charge is 2.06. The molecule has 23 heavy (non-hydrogen) atoms. The van der Waals surface area contributed by atoms with E-state index in [0.717, 1.165) is 18.0 Å². The molecule has 2 N–H and O–H groups in total. The Morgan fingerprint density at radius 3 is 2.70 bits per heavy atom. The molecule has 0 saturated heterocycles. The number of nitrogens with zero attached hydrogens (tertiary/aromatic N) is 2. The molecule has 0 spiro atoms. The molecule has 7 nitrogen and oxygen atoms in total. The quantitative estimate of drug-likeness (QED) is 0.607. The number of amides is 1. The van der Waals surface area contributed by atoms with Crippen LogP contribution in [0, 0.1) is 0 Å². The summed E-state index contributed by atoms with van der Waals surface area (Å²) in [5.74, 6) is -0.441. The summed E-state index contributed by atoms with van der Waals surface area (Å²) in [4.78, 5) is 19.6. The fraction of sp³-hybridized carbons (Fsp3) is 0.133. The van der Waals surface area contributed by atoms with Gasteiger partial charge in [0, 0.05) is 25.2 Å². The highest BCUT2D eigenvalue weighted by atomic mass is 32.2. The maximum absolute atomic E-state index is 11.6. The highest BCUT2D eigenvalue weighted by Crippen LogP contribution is 2.17. The standard InChI is InChI=1S/C15H16N4O3S/c1-23(21,22)14-4-2-3-13(9-14)17-11-15(20)19-18-10-12-5-7-16-8-6-12/h2-9,11,18H,10H2,1H3,(H,19,20). The molecule has 8 heteroatoms. The Morgan fingerprint density at radius 1 is 1.26 bits per heavy atom. The van der Waals surface area contributed by atoms with Crippen LogP contribution in [0.25, 0.3) is 0 Å². The van der Waals surface area contributed by atoms with Crippen molar-refractivity contribution in [3.8, 4) is 0 Å². The largest absolute Gasteiger partial charge is 0.286 e. The second kappa shape index (κ2) is 7.61. The molecule has 0 bridgehead atoms. The van der Waals surface area contributed by atoms with Gasteiger partial charge in [-0.05, 0) is 35.9 Å². The van der Waals surface area contributed by atoms with E-state index in [4.69, 9.17) is 0 Å². The third-order valence-corrected chi connectivity index (χ3v) is 3.94. The number of rotatable bonds is 6. The monoisotopic (exact) mass is 332 g/mol. The van der Waals surface area contributed by atoms with Crippen molar-refractivity contribution >= 4 is 27.6 Å². The van der Waals surface area contributed by atoms with Gasteiger partial charge in [-0.3, -0.25) is 20.2 Å². The van der Waals surface area contributed by atoms with E-state index in [1.807, 2.05) is 12.1 Å². The number of hydrogen-bond acceptors (Lipinski definition) is 6. The summed E-state index contributed by atoms with van der Waals surface area (Å²) in [6.07, 6.45) is 5.52. The summed E-state index contributed by atoms with van der Waals surface area (Å²) in [5.41, 5.74) is 6.59. The SMILES string of the molecule is CS(=O)(=O)c1cccc(N=CC(=O)NNCc2ccncc2)c1. The lowest BCUT2D eigenvalue weighted by Crippen LogP contribution is -2.37. The van der Waals surface area contributed by atoms with Crippen molar-refractivity contribution in [1.82, 2.24) is 15.8 Å². The van der Waals surface area contributed by atoms with E-state index in [-0.39, 0.29) is 4.90 Å². The number of carbonyl (C=O) groups excluding carboxylic acids is 1. The molecular weight excluding hydrogens is 316 g/mol. The van der Waals surface area contributed by atoms with Gasteiger partial charge >= 0.3 is 0 Å². The van der Waals surface area contributed by atoms with Gasteiger partial charge in [-0.15, -0.1) is 0 Å². The Balaban J connectivity index is 1.89. The molecular formula is C15H16N4O3S. The third-order valence-electron chi connectivity index (χ3n) is 2.83. The second-order valence-corrected chi connectivity index (χ2v) is 6.74. The van der Waals surface area contributed by atoms with Gasteiger partial charge in [-0.25, -0.2) is 13.8 Å². The van der Waals surface area contributed by atoms with Crippen molar-refractivity contribution in [2.45, 2.75) is 11.4 Å². The van der Waals surface area contributed by atoms with Crippen molar-refractivity contribution in [3.05, 3.63) is 54.4 Å². The van der Waals surface area contributed by atoms with Gasteiger partial charge in [0.2, 0.25) is 0 Å². The minimum absolute atomic E-state index is 0.156. The first kappa shape index (κ1) is 16.8. The lowest BCUT2D eigenvalue weighted by Gasteiger charge is -2.04. The van der Waals surface area contributed by atoms with E-state index < -0.39 is 15.7 Å². The summed E-state index contributed by atoms with van der Waals surface area (Å²) < 4.78 is 22.9. The number of hydrogen-bond donors (Lipinski definition) is 2. The van der Waals surface area contributed by atoms with Crippen LogP contribution in [0.2, 0.25) is 0 Å². The Hall–Kier alpha value is -2.58. The molecule has 1 heterocycles. The molecule has 0 unspecified atom stereocenters. The van der Waals surface area contributed by atoms with Crippen molar-refractivity contribution in [1.29, 1.82) is 0 Å².